The maximum Gasteiger partial charge on any atom is 0.327 e. The normalized spacial score (nSPS) is 18.9. The molecule has 0 bridgehead atoms. The molecule has 108 valence electrons. The Labute approximate surface area is 128 Å². The smallest absolute Gasteiger partial charge is 0.327 e. The lowest BCUT2D eigenvalue weighted by atomic mass is 10.1. The monoisotopic (exact) mass is 337 g/mol. The van der Waals surface area contributed by atoms with Crippen LogP contribution in [0.1, 0.15) is 10.4 Å². The zero-order chi connectivity index (χ0) is 14.9. The van der Waals surface area contributed by atoms with Crippen LogP contribution in [0.3, 0.4) is 0 Å². The third-order valence-corrected chi connectivity index (χ3v) is 4.54. The molecule has 20 heavy (non-hydrogen) atoms. The van der Waals surface area contributed by atoms with Crippen molar-refractivity contribution in [3.8, 4) is 0 Å². The summed E-state index contributed by atoms with van der Waals surface area (Å²) < 4.78 is 13.5. The summed E-state index contributed by atoms with van der Waals surface area (Å²) in [6.45, 7) is 0.279. The van der Waals surface area contributed by atoms with Crippen molar-refractivity contribution in [2.24, 2.45) is 0 Å². The number of benzene rings is 1. The first-order valence-corrected chi connectivity index (χ1v) is 7.59. The van der Waals surface area contributed by atoms with Crippen molar-refractivity contribution in [2.45, 2.75) is 6.04 Å². The number of thioether (sulfide) groups is 1. The first-order valence-electron chi connectivity index (χ1n) is 5.68. The van der Waals surface area contributed by atoms with Crippen LogP contribution in [0.25, 0.3) is 0 Å². The van der Waals surface area contributed by atoms with Crippen LogP contribution in [0.2, 0.25) is 10.0 Å². The van der Waals surface area contributed by atoms with Gasteiger partial charge in [-0.1, -0.05) is 23.2 Å². The average Bonchev–Trinajstić information content (AvgIpc) is 2.42. The van der Waals surface area contributed by atoms with Gasteiger partial charge in [-0.15, -0.1) is 0 Å². The van der Waals surface area contributed by atoms with Gasteiger partial charge in [-0.25, -0.2) is 9.18 Å². The predicted octanol–water partition coefficient (Wildman–Crippen LogP) is 2.77. The van der Waals surface area contributed by atoms with Gasteiger partial charge in [-0.05, 0) is 12.1 Å². The number of hydrogen-bond donors (Lipinski definition) is 1. The fourth-order valence-corrected chi connectivity index (χ4v) is 3.39. The molecule has 0 spiro atoms. The molecule has 0 saturated carbocycles. The summed E-state index contributed by atoms with van der Waals surface area (Å²) in [5.41, 5.74) is -0.0771. The molecule has 1 aromatic rings. The van der Waals surface area contributed by atoms with Crippen LogP contribution < -0.4 is 0 Å². The Balaban J connectivity index is 2.34. The quantitative estimate of drug-likeness (QED) is 0.843. The lowest BCUT2D eigenvalue weighted by molar-refractivity contribution is -0.141. The minimum Gasteiger partial charge on any atom is -0.480 e. The van der Waals surface area contributed by atoms with Crippen molar-refractivity contribution in [2.75, 3.05) is 18.1 Å². The summed E-state index contributed by atoms with van der Waals surface area (Å²) in [5, 5.41) is 8.96. The van der Waals surface area contributed by atoms with Crippen LogP contribution in [-0.4, -0.2) is 46.0 Å². The third-order valence-electron chi connectivity index (χ3n) is 2.91. The lowest BCUT2D eigenvalue weighted by Gasteiger charge is -2.32. The van der Waals surface area contributed by atoms with E-state index in [1.54, 1.807) is 0 Å². The van der Waals surface area contributed by atoms with E-state index >= 15 is 0 Å². The van der Waals surface area contributed by atoms with E-state index in [2.05, 4.69) is 0 Å². The number of halogens is 3. The van der Waals surface area contributed by atoms with Gasteiger partial charge in [0.25, 0.3) is 5.91 Å². The molecule has 8 heteroatoms. The molecule has 2 rings (SSSR count). The molecule has 1 aromatic carbocycles. The van der Waals surface area contributed by atoms with E-state index < -0.39 is 23.7 Å². The SMILES string of the molecule is O=C(O)C1CSCCN1C(=O)c1cc(F)c(Cl)cc1Cl. The van der Waals surface area contributed by atoms with Gasteiger partial charge >= 0.3 is 5.97 Å². The standard InChI is InChI=1S/C12H10Cl2FNO3S/c13-7-4-8(14)9(15)3-6(7)11(17)16-1-2-20-5-10(16)12(18)19/h3-4,10H,1-2,5H2,(H,18,19). The highest BCUT2D eigenvalue weighted by atomic mass is 35.5. The Kier molecular flexibility index (Phi) is 4.78. The zero-order valence-corrected chi connectivity index (χ0v) is 12.4. The number of carbonyl (C=O) groups excluding carboxylic acids is 1. The second-order valence-electron chi connectivity index (χ2n) is 4.17. The Morgan fingerprint density at radius 3 is 2.70 bits per heavy atom. The second-order valence-corrected chi connectivity index (χ2v) is 6.14. The molecule has 0 radical (unpaired) electrons. The summed E-state index contributed by atoms with van der Waals surface area (Å²) in [7, 11) is 0. The van der Waals surface area contributed by atoms with Crippen LogP contribution in [0.4, 0.5) is 4.39 Å². The fourth-order valence-electron chi connectivity index (χ4n) is 1.89. The van der Waals surface area contributed by atoms with Gasteiger partial charge in [0, 0.05) is 18.1 Å². The topological polar surface area (TPSA) is 57.6 Å². The van der Waals surface area contributed by atoms with Crippen molar-refractivity contribution in [1.29, 1.82) is 0 Å². The number of aliphatic carboxylic acids is 1. The van der Waals surface area contributed by atoms with Crippen molar-refractivity contribution in [1.82, 2.24) is 4.90 Å². The second kappa shape index (κ2) is 6.20. The molecule has 1 unspecified atom stereocenters. The van der Waals surface area contributed by atoms with E-state index in [1.807, 2.05) is 0 Å². The zero-order valence-electron chi connectivity index (χ0n) is 10.1. The minimum atomic E-state index is -1.09. The number of rotatable bonds is 2. The first-order chi connectivity index (χ1) is 9.41. The molecule has 1 amide bonds. The third kappa shape index (κ3) is 3.02. The fraction of sp³-hybridized carbons (Fsp3) is 0.333. The highest BCUT2D eigenvalue weighted by Gasteiger charge is 2.33. The molecule has 0 aliphatic carbocycles. The van der Waals surface area contributed by atoms with Gasteiger partial charge in [0.2, 0.25) is 0 Å². The number of amides is 1. The number of carbonyl (C=O) groups is 2. The van der Waals surface area contributed by atoms with E-state index in [0.717, 1.165) is 12.1 Å². The van der Waals surface area contributed by atoms with Crippen LogP contribution in [0.5, 0.6) is 0 Å². The van der Waals surface area contributed by atoms with E-state index in [4.69, 9.17) is 28.3 Å². The molecular formula is C12H10Cl2FNO3S. The van der Waals surface area contributed by atoms with Crippen molar-refractivity contribution in [3.05, 3.63) is 33.6 Å². The molecule has 1 aliphatic heterocycles. The molecule has 1 heterocycles. The predicted molar refractivity (Wildman–Crippen MR) is 76.2 cm³/mol. The largest absolute Gasteiger partial charge is 0.480 e. The molecular weight excluding hydrogens is 328 g/mol. The van der Waals surface area contributed by atoms with Gasteiger partial charge in [-0.2, -0.15) is 11.8 Å². The summed E-state index contributed by atoms with van der Waals surface area (Å²) in [5.74, 6) is -1.52. The molecule has 1 fully saturated rings. The number of nitrogens with zero attached hydrogens (tertiary/aromatic N) is 1. The Bertz CT molecular complexity index is 570. The van der Waals surface area contributed by atoms with E-state index in [-0.39, 0.29) is 22.2 Å². The van der Waals surface area contributed by atoms with Crippen LogP contribution in [-0.2, 0) is 4.79 Å². The molecule has 1 aliphatic rings. The average molecular weight is 338 g/mol. The summed E-state index contributed by atoms with van der Waals surface area (Å²) >= 11 is 12.9. The van der Waals surface area contributed by atoms with E-state index in [9.17, 15) is 14.0 Å². The molecule has 4 nitrogen and oxygen atoms in total. The number of carboxylic acid groups (broad SMARTS) is 1. The van der Waals surface area contributed by atoms with Crippen LogP contribution in [0.15, 0.2) is 12.1 Å². The highest BCUT2D eigenvalue weighted by Crippen LogP contribution is 2.27. The molecule has 1 N–H and O–H groups in total. The van der Waals surface area contributed by atoms with Crippen molar-refractivity contribution < 1.29 is 19.1 Å². The van der Waals surface area contributed by atoms with Crippen LogP contribution in [0, 0.1) is 5.82 Å². The van der Waals surface area contributed by atoms with Gasteiger partial charge < -0.3 is 10.0 Å². The highest BCUT2D eigenvalue weighted by molar-refractivity contribution is 7.99. The van der Waals surface area contributed by atoms with Gasteiger partial charge in [0.1, 0.15) is 11.9 Å². The van der Waals surface area contributed by atoms with Crippen molar-refractivity contribution >= 4 is 46.8 Å². The maximum atomic E-state index is 13.5. The Hall–Kier alpha value is -0.980. The van der Waals surface area contributed by atoms with Crippen LogP contribution >= 0.6 is 35.0 Å². The van der Waals surface area contributed by atoms with Gasteiger partial charge in [0.05, 0.1) is 15.6 Å². The van der Waals surface area contributed by atoms with Crippen molar-refractivity contribution in [3.63, 3.8) is 0 Å². The summed E-state index contributed by atoms with van der Waals surface area (Å²) in [4.78, 5) is 24.7. The van der Waals surface area contributed by atoms with E-state index in [0.29, 0.717) is 11.5 Å². The Morgan fingerprint density at radius 1 is 1.35 bits per heavy atom. The number of hydrogen-bond acceptors (Lipinski definition) is 3. The maximum absolute atomic E-state index is 13.5. The number of carboxylic acids is 1. The lowest BCUT2D eigenvalue weighted by Crippen LogP contribution is -2.50. The van der Waals surface area contributed by atoms with E-state index in [1.165, 1.54) is 16.7 Å². The first kappa shape index (κ1) is 15.4. The molecule has 0 aromatic heterocycles. The van der Waals surface area contributed by atoms with Gasteiger partial charge in [-0.3, -0.25) is 4.79 Å². The van der Waals surface area contributed by atoms with Gasteiger partial charge in [0.15, 0.2) is 0 Å². The minimum absolute atomic E-state index is 0.00349. The molecule has 1 atom stereocenters. The molecule has 1 saturated heterocycles. The summed E-state index contributed by atoms with van der Waals surface area (Å²) in [6, 6.07) is 1.14. The Morgan fingerprint density at radius 2 is 2.05 bits per heavy atom. The summed E-state index contributed by atoms with van der Waals surface area (Å²) in [6.07, 6.45) is 0.